The number of fused-ring (bicyclic) bond motifs is 1. The van der Waals surface area contributed by atoms with Gasteiger partial charge < -0.3 is 9.88 Å². The van der Waals surface area contributed by atoms with Crippen molar-refractivity contribution in [2.24, 2.45) is 0 Å². The summed E-state index contributed by atoms with van der Waals surface area (Å²) >= 11 is 0. The lowest BCUT2D eigenvalue weighted by atomic mass is 9.93. The number of hydrogen-bond acceptors (Lipinski definition) is 4. The van der Waals surface area contributed by atoms with Crippen molar-refractivity contribution in [1.29, 1.82) is 0 Å². The maximum Gasteiger partial charge on any atom is 0.180 e. The fourth-order valence-corrected chi connectivity index (χ4v) is 4.25. The molecule has 0 unspecified atom stereocenters. The van der Waals surface area contributed by atoms with Crippen molar-refractivity contribution in [3.8, 4) is 11.5 Å². The summed E-state index contributed by atoms with van der Waals surface area (Å²) in [7, 11) is 0. The second-order valence-corrected chi connectivity index (χ2v) is 7.87. The molecule has 5 rings (SSSR count). The lowest BCUT2D eigenvalue weighted by Crippen LogP contribution is -2.34. The Morgan fingerprint density at radius 1 is 0.966 bits per heavy atom. The van der Waals surface area contributed by atoms with Crippen LogP contribution in [0.2, 0.25) is 0 Å². The number of pyridine rings is 1. The Hall–Kier alpha value is -3.21. The third-order valence-electron chi connectivity index (χ3n) is 6.04. The maximum absolute atomic E-state index is 4.90. The molecule has 0 saturated carbocycles. The lowest BCUT2D eigenvalue weighted by molar-refractivity contribution is 0.495. The number of aryl methyl sites for hydroxylation is 1. The predicted octanol–water partition coefficient (Wildman–Crippen LogP) is 5.02. The highest BCUT2D eigenvalue weighted by Gasteiger charge is 2.25. The van der Waals surface area contributed by atoms with E-state index in [4.69, 9.17) is 4.98 Å². The van der Waals surface area contributed by atoms with Gasteiger partial charge in [0.1, 0.15) is 11.5 Å². The normalized spacial score (nSPS) is 15.2. The van der Waals surface area contributed by atoms with Crippen LogP contribution >= 0.6 is 0 Å². The topological polar surface area (TPSA) is 57.7 Å². The van der Waals surface area contributed by atoms with Crippen molar-refractivity contribution in [1.82, 2.24) is 19.9 Å². The third kappa shape index (κ3) is 3.37. The summed E-state index contributed by atoms with van der Waals surface area (Å²) in [5, 5.41) is 1.30. The Labute approximate surface area is 170 Å². The number of aromatic nitrogens is 4. The number of hydrogen-bond donors (Lipinski definition) is 1. The molecule has 1 aliphatic rings. The van der Waals surface area contributed by atoms with Crippen LogP contribution in [0.5, 0.6) is 0 Å². The monoisotopic (exact) mass is 383 g/mol. The first-order chi connectivity index (χ1) is 14.2. The SMILES string of the molecule is Cc1nc(-c2ccccn2)nc(N2CCC(c3cc4ccccc4[nH]3)CC2)c1C. The zero-order chi connectivity index (χ0) is 19.8. The number of nitrogens with zero attached hydrogens (tertiary/aromatic N) is 4. The molecule has 0 bridgehead atoms. The van der Waals surface area contributed by atoms with Crippen molar-refractivity contribution in [2.75, 3.05) is 18.0 Å². The van der Waals surface area contributed by atoms with Gasteiger partial charge in [-0.25, -0.2) is 9.97 Å². The van der Waals surface area contributed by atoms with Gasteiger partial charge in [-0.1, -0.05) is 24.3 Å². The average molecular weight is 383 g/mol. The van der Waals surface area contributed by atoms with Crippen LogP contribution in [0.3, 0.4) is 0 Å². The summed E-state index contributed by atoms with van der Waals surface area (Å²) < 4.78 is 0. The average Bonchev–Trinajstić information content (AvgIpc) is 3.21. The Kier molecular flexibility index (Phi) is 4.51. The molecule has 1 saturated heterocycles. The van der Waals surface area contributed by atoms with Crippen LogP contribution in [0.15, 0.2) is 54.7 Å². The van der Waals surface area contributed by atoms with E-state index in [1.807, 2.05) is 18.2 Å². The summed E-state index contributed by atoms with van der Waals surface area (Å²) in [5.74, 6) is 2.33. The molecule has 146 valence electrons. The molecule has 4 heterocycles. The molecule has 1 aliphatic heterocycles. The van der Waals surface area contributed by atoms with Gasteiger partial charge in [0.25, 0.3) is 0 Å². The Balaban J connectivity index is 1.38. The zero-order valence-electron chi connectivity index (χ0n) is 16.9. The van der Waals surface area contributed by atoms with Crippen molar-refractivity contribution in [3.63, 3.8) is 0 Å². The van der Waals surface area contributed by atoms with E-state index in [-0.39, 0.29) is 0 Å². The second-order valence-electron chi connectivity index (χ2n) is 7.87. The van der Waals surface area contributed by atoms with E-state index in [2.05, 4.69) is 64.0 Å². The van der Waals surface area contributed by atoms with Gasteiger partial charge in [0.05, 0.1) is 0 Å². The van der Waals surface area contributed by atoms with Gasteiger partial charge in [0, 0.05) is 47.7 Å². The zero-order valence-corrected chi connectivity index (χ0v) is 16.9. The summed E-state index contributed by atoms with van der Waals surface area (Å²) in [5.41, 5.74) is 5.59. The van der Waals surface area contributed by atoms with E-state index in [1.54, 1.807) is 6.20 Å². The molecule has 0 spiro atoms. The van der Waals surface area contributed by atoms with Gasteiger partial charge in [-0.15, -0.1) is 0 Å². The standard InChI is InChI=1S/C24H25N5/c1-16-17(2)26-23(21-9-5-6-12-25-21)28-24(16)29-13-10-18(11-14-29)22-15-19-7-3-4-8-20(19)27-22/h3-9,12,15,18,27H,10-11,13-14H2,1-2H3. The Morgan fingerprint density at radius 3 is 2.52 bits per heavy atom. The first kappa shape index (κ1) is 17.9. The van der Waals surface area contributed by atoms with Crippen LogP contribution in [0.1, 0.15) is 35.7 Å². The molecular formula is C24H25N5. The highest BCUT2D eigenvalue weighted by Crippen LogP contribution is 2.33. The molecule has 0 radical (unpaired) electrons. The van der Waals surface area contributed by atoms with Gasteiger partial charge in [0.2, 0.25) is 0 Å². The first-order valence-electron chi connectivity index (χ1n) is 10.3. The fraction of sp³-hybridized carbons (Fsp3) is 0.292. The molecule has 1 aromatic carbocycles. The molecule has 0 amide bonds. The van der Waals surface area contributed by atoms with Crippen LogP contribution in [0, 0.1) is 13.8 Å². The Bertz CT molecular complexity index is 1110. The number of nitrogens with one attached hydrogen (secondary N) is 1. The molecule has 3 aromatic heterocycles. The first-order valence-corrected chi connectivity index (χ1v) is 10.3. The molecule has 1 N–H and O–H groups in total. The predicted molar refractivity (Wildman–Crippen MR) is 117 cm³/mol. The van der Waals surface area contributed by atoms with E-state index in [0.717, 1.165) is 48.7 Å². The van der Waals surface area contributed by atoms with E-state index >= 15 is 0 Å². The minimum absolute atomic E-state index is 0.567. The fourth-order valence-electron chi connectivity index (χ4n) is 4.25. The molecule has 1 fully saturated rings. The van der Waals surface area contributed by atoms with Crippen LogP contribution in [0.25, 0.3) is 22.4 Å². The van der Waals surface area contributed by atoms with Crippen LogP contribution in [-0.4, -0.2) is 33.0 Å². The molecule has 29 heavy (non-hydrogen) atoms. The van der Waals surface area contributed by atoms with Crippen molar-refractivity contribution in [3.05, 3.63) is 71.7 Å². The van der Waals surface area contributed by atoms with E-state index < -0.39 is 0 Å². The number of piperidine rings is 1. The largest absolute Gasteiger partial charge is 0.358 e. The quantitative estimate of drug-likeness (QED) is 0.540. The van der Waals surface area contributed by atoms with Crippen LogP contribution in [0.4, 0.5) is 5.82 Å². The van der Waals surface area contributed by atoms with E-state index in [1.165, 1.54) is 16.6 Å². The highest BCUT2D eigenvalue weighted by atomic mass is 15.2. The van der Waals surface area contributed by atoms with E-state index in [0.29, 0.717) is 11.7 Å². The lowest BCUT2D eigenvalue weighted by Gasteiger charge is -2.33. The van der Waals surface area contributed by atoms with Crippen molar-refractivity contribution in [2.45, 2.75) is 32.6 Å². The Morgan fingerprint density at radius 2 is 1.76 bits per heavy atom. The van der Waals surface area contributed by atoms with Crippen molar-refractivity contribution >= 4 is 16.7 Å². The second kappa shape index (κ2) is 7.32. The van der Waals surface area contributed by atoms with E-state index in [9.17, 15) is 0 Å². The summed E-state index contributed by atoms with van der Waals surface area (Å²) in [6.07, 6.45) is 4.03. The van der Waals surface area contributed by atoms with Gasteiger partial charge in [0.15, 0.2) is 5.82 Å². The van der Waals surface area contributed by atoms with Gasteiger partial charge in [-0.05, 0) is 56.3 Å². The highest BCUT2D eigenvalue weighted by molar-refractivity contribution is 5.80. The number of H-pyrrole nitrogens is 1. The molecule has 5 heteroatoms. The van der Waals surface area contributed by atoms with Crippen molar-refractivity contribution < 1.29 is 0 Å². The van der Waals surface area contributed by atoms with Crippen LogP contribution < -0.4 is 4.90 Å². The molecule has 5 nitrogen and oxygen atoms in total. The molecule has 0 atom stereocenters. The number of anilines is 1. The minimum atomic E-state index is 0.567. The number of benzene rings is 1. The maximum atomic E-state index is 4.90. The summed E-state index contributed by atoms with van der Waals surface area (Å²) in [4.78, 5) is 20.0. The van der Waals surface area contributed by atoms with Gasteiger partial charge in [-0.3, -0.25) is 4.98 Å². The summed E-state index contributed by atoms with van der Waals surface area (Å²) in [6, 6.07) is 16.7. The smallest absolute Gasteiger partial charge is 0.180 e. The summed E-state index contributed by atoms with van der Waals surface area (Å²) in [6.45, 7) is 6.18. The molecule has 0 aliphatic carbocycles. The molecular weight excluding hydrogens is 358 g/mol. The molecule has 4 aromatic rings. The number of para-hydroxylation sites is 1. The minimum Gasteiger partial charge on any atom is -0.358 e. The number of aromatic amines is 1. The third-order valence-corrected chi connectivity index (χ3v) is 6.04. The van der Waals surface area contributed by atoms with Gasteiger partial charge in [-0.2, -0.15) is 0 Å². The number of rotatable bonds is 3. The van der Waals surface area contributed by atoms with Gasteiger partial charge >= 0.3 is 0 Å². The van der Waals surface area contributed by atoms with Crippen LogP contribution in [-0.2, 0) is 0 Å².